The van der Waals surface area contributed by atoms with Gasteiger partial charge in [-0.2, -0.15) is 0 Å². The van der Waals surface area contributed by atoms with Gasteiger partial charge < -0.3 is 19.6 Å². The number of fused-ring (bicyclic) bond motifs is 2. The molecule has 1 aromatic heterocycles. The molecule has 2 N–H and O–H groups in total. The first-order chi connectivity index (χ1) is 14.0. The number of furan rings is 1. The smallest absolute Gasteiger partial charge is 0.311 e. The van der Waals surface area contributed by atoms with E-state index in [0.717, 1.165) is 10.8 Å². The van der Waals surface area contributed by atoms with Gasteiger partial charge in [0.1, 0.15) is 11.3 Å². The molecule has 4 aromatic rings. The van der Waals surface area contributed by atoms with E-state index in [-0.39, 0.29) is 12.2 Å². The maximum atomic E-state index is 12.5. The summed E-state index contributed by atoms with van der Waals surface area (Å²) in [6.07, 6.45) is 0.458. The summed E-state index contributed by atoms with van der Waals surface area (Å²) < 4.78 is 10.7. The summed E-state index contributed by atoms with van der Waals surface area (Å²) in [6, 6.07) is 18.0. The number of rotatable bonds is 5. The third-order valence-corrected chi connectivity index (χ3v) is 4.70. The number of ether oxygens (including phenoxy) is 1. The first-order valence-electron chi connectivity index (χ1n) is 9.18. The van der Waals surface area contributed by atoms with Crippen molar-refractivity contribution in [2.75, 3.05) is 5.32 Å². The monoisotopic (exact) mass is 389 g/mol. The molecular weight excluding hydrogens is 370 g/mol. The molecule has 146 valence electrons. The number of amides is 1. The predicted octanol–water partition coefficient (Wildman–Crippen LogP) is 4.40. The van der Waals surface area contributed by atoms with Gasteiger partial charge in [-0.1, -0.05) is 36.4 Å². The van der Waals surface area contributed by atoms with E-state index >= 15 is 0 Å². The fraction of sp³-hybridized carbons (Fsp3) is 0.130. The molecular formula is C23H19NO5. The van der Waals surface area contributed by atoms with E-state index in [0.29, 0.717) is 22.2 Å². The van der Waals surface area contributed by atoms with Crippen LogP contribution in [-0.2, 0) is 20.7 Å². The molecule has 0 aliphatic carbocycles. The van der Waals surface area contributed by atoms with E-state index in [1.54, 1.807) is 6.07 Å². The van der Waals surface area contributed by atoms with Gasteiger partial charge in [0.25, 0.3) is 5.91 Å². The highest BCUT2D eigenvalue weighted by atomic mass is 16.5. The fourth-order valence-electron chi connectivity index (χ4n) is 3.23. The van der Waals surface area contributed by atoms with E-state index < -0.39 is 18.0 Å². The summed E-state index contributed by atoms with van der Waals surface area (Å²) in [6.45, 7) is 1.53. The lowest BCUT2D eigenvalue weighted by molar-refractivity contribution is -0.152. The van der Waals surface area contributed by atoms with Crippen LogP contribution in [0.25, 0.3) is 21.7 Å². The van der Waals surface area contributed by atoms with Gasteiger partial charge in [0.05, 0.1) is 12.7 Å². The van der Waals surface area contributed by atoms with Crippen molar-refractivity contribution in [1.29, 1.82) is 0 Å². The zero-order chi connectivity index (χ0) is 20.4. The second-order valence-corrected chi connectivity index (χ2v) is 6.77. The van der Waals surface area contributed by atoms with Crippen molar-refractivity contribution in [2.24, 2.45) is 0 Å². The molecule has 1 atom stereocenters. The molecule has 0 saturated heterocycles. The lowest BCUT2D eigenvalue weighted by Gasteiger charge is -2.14. The number of esters is 1. The highest BCUT2D eigenvalue weighted by Gasteiger charge is 2.20. The standard InChI is InChI=1S/C23H19NO5/c1-14(23(27)24-20-8-4-6-15-5-2-3-7-18(15)20)29-22(26)11-16-13-28-21-12-17(25)9-10-19(16)21/h2-10,12-14,25H,11H2,1H3,(H,24,27)/t14-/m0/s1. The molecule has 6 heteroatoms. The zero-order valence-electron chi connectivity index (χ0n) is 15.7. The summed E-state index contributed by atoms with van der Waals surface area (Å²) >= 11 is 0. The lowest BCUT2D eigenvalue weighted by atomic mass is 10.1. The molecule has 29 heavy (non-hydrogen) atoms. The summed E-state index contributed by atoms with van der Waals surface area (Å²) in [5, 5.41) is 14.9. The number of anilines is 1. The Hall–Kier alpha value is -3.80. The second-order valence-electron chi connectivity index (χ2n) is 6.77. The third kappa shape index (κ3) is 3.91. The first kappa shape index (κ1) is 18.6. The Morgan fingerprint density at radius 1 is 1.07 bits per heavy atom. The van der Waals surface area contributed by atoms with Crippen LogP contribution in [0.2, 0.25) is 0 Å². The van der Waals surface area contributed by atoms with Crippen LogP contribution in [0.15, 0.2) is 71.3 Å². The van der Waals surface area contributed by atoms with Gasteiger partial charge >= 0.3 is 5.97 Å². The topological polar surface area (TPSA) is 88.8 Å². The molecule has 0 spiro atoms. The van der Waals surface area contributed by atoms with Crippen LogP contribution in [0, 0.1) is 0 Å². The van der Waals surface area contributed by atoms with Crippen LogP contribution in [0.3, 0.4) is 0 Å². The van der Waals surface area contributed by atoms with Crippen molar-refractivity contribution < 1.29 is 23.8 Å². The maximum absolute atomic E-state index is 12.5. The summed E-state index contributed by atoms with van der Waals surface area (Å²) in [4.78, 5) is 24.8. The molecule has 0 aliphatic rings. The van der Waals surface area contributed by atoms with Gasteiger partial charge in [-0.05, 0) is 30.5 Å². The van der Waals surface area contributed by atoms with Gasteiger partial charge in [-0.3, -0.25) is 9.59 Å². The van der Waals surface area contributed by atoms with Crippen molar-refractivity contribution >= 4 is 39.3 Å². The number of carbonyl (C=O) groups is 2. The van der Waals surface area contributed by atoms with Gasteiger partial charge in [0.15, 0.2) is 6.10 Å². The molecule has 0 saturated carbocycles. The minimum Gasteiger partial charge on any atom is -0.508 e. The Kier molecular flexibility index (Phi) is 4.91. The number of phenolic OH excluding ortho intramolecular Hbond substituents is 1. The normalized spacial score (nSPS) is 12.0. The molecule has 0 unspecified atom stereocenters. The van der Waals surface area contributed by atoms with Crippen LogP contribution in [0.4, 0.5) is 5.69 Å². The molecule has 1 heterocycles. The minimum atomic E-state index is -0.955. The van der Waals surface area contributed by atoms with Crippen molar-refractivity contribution in [1.82, 2.24) is 0 Å². The summed E-state index contributed by atoms with van der Waals surface area (Å²) in [5.41, 5.74) is 1.78. The molecule has 4 rings (SSSR count). The van der Waals surface area contributed by atoms with Gasteiger partial charge in [-0.25, -0.2) is 0 Å². The molecule has 0 fully saturated rings. The summed E-state index contributed by atoms with van der Waals surface area (Å²) in [7, 11) is 0. The number of aromatic hydroxyl groups is 1. The van der Waals surface area contributed by atoms with Gasteiger partial charge in [0.2, 0.25) is 0 Å². The average molecular weight is 389 g/mol. The first-order valence-corrected chi connectivity index (χ1v) is 9.18. The Morgan fingerprint density at radius 2 is 1.86 bits per heavy atom. The highest BCUT2D eigenvalue weighted by Crippen LogP contribution is 2.26. The Balaban J connectivity index is 1.42. The summed E-state index contributed by atoms with van der Waals surface area (Å²) in [5.74, 6) is -0.863. The Bertz CT molecular complexity index is 1210. The quantitative estimate of drug-likeness (QED) is 0.494. The van der Waals surface area contributed by atoms with Crippen molar-refractivity contribution in [3.05, 3.63) is 72.5 Å². The van der Waals surface area contributed by atoms with Crippen LogP contribution >= 0.6 is 0 Å². The zero-order valence-corrected chi connectivity index (χ0v) is 15.7. The SMILES string of the molecule is C[C@H](OC(=O)Cc1coc2cc(O)ccc12)C(=O)Nc1cccc2ccccc12. The minimum absolute atomic E-state index is 0.0380. The van der Waals surface area contributed by atoms with Crippen LogP contribution in [-0.4, -0.2) is 23.1 Å². The molecule has 1 amide bonds. The van der Waals surface area contributed by atoms with Crippen molar-refractivity contribution in [3.63, 3.8) is 0 Å². The number of benzene rings is 3. The van der Waals surface area contributed by atoms with Crippen LogP contribution in [0.5, 0.6) is 5.75 Å². The second kappa shape index (κ2) is 7.67. The van der Waals surface area contributed by atoms with Crippen molar-refractivity contribution in [3.8, 4) is 5.75 Å². The van der Waals surface area contributed by atoms with Crippen molar-refractivity contribution in [2.45, 2.75) is 19.4 Å². The fourth-order valence-corrected chi connectivity index (χ4v) is 3.23. The van der Waals surface area contributed by atoms with Crippen LogP contribution in [0.1, 0.15) is 12.5 Å². The molecule has 3 aromatic carbocycles. The van der Waals surface area contributed by atoms with Gasteiger partial charge in [-0.15, -0.1) is 0 Å². The highest BCUT2D eigenvalue weighted by molar-refractivity contribution is 6.03. The average Bonchev–Trinajstić information content (AvgIpc) is 3.09. The lowest BCUT2D eigenvalue weighted by Crippen LogP contribution is -2.30. The number of hydrogen-bond acceptors (Lipinski definition) is 5. The van der Waals surface area contributed by atoms with E-state index in [9.17, 15) is 14.7 Å². The Labute approximate surface area is 166 Å². The molecule has 0 aliphatic heterocycles. The predicted molar refractivity (Wildman–Crippen MR) is 110 cm³/mol. The molecule has 0 radical (unpaired) electrons. The Morgan fingerprint density at radius 3 is 2.72 bits per heavy atom. The number of phenols is 1. The van der Waals surface area contributed by atoms with E-state index in [1.807, 2.05) is 42.5 Å². The van der Waals surface area contributed by atoms with E-state index in [2.05, 4.69) is 5.32 Å². The van der Waals surface area contributed by atoms with Gasteiger partial charge in [0, 0.05) is 28.1 Å². The molecule has 6 nitrogen and oxygen atoms in total. The molecule has 0 bridgehead atoms. The van der Waals surface area contributed by atoms with Crippen LogP contribution < -0.4 is 5.32 Å². The number of carbonyl (C=O) groups excluding carboxylic acids is 2. The van der Waals surface area contributed by atoms with E-state index in [1.165, 1.54) is 25.3 Å². The third-order valence-electron chi connectivity index (χ3n) is 4.70. The number of nitrogens with one attached hydrogen (secondary N) is 1. The maximum Gasteiger partial charge on any atom is 0.311 e. The van der Waals surface area contributed by atoms with E-state index in [4.69, 9.17) is 9.15 Å². The largest absolute Gasteiger partial charge is 0.508 e. The number of hydrogen-bond donors (Lipinski definition) is 2.